The van der Waals surface area contributed by atoms with Crippen molar-refractivity contribution in [3.05, 3.63) is 51.6 Å². The Balaban J connectivity index is 1.83. The van der Waals surface area contributed by atoms with Gasteiger partial charge in [0.15, 0.2) is 6.04 Å². The van der Waals surface area contributed by atoms with Crippen LogP contribution in [0, 0.1) is 6.92 Å². The summed E-state index contributed by atoms with van der Waals surface area (Å²) in [5, 5.41) is 13.4. The van der Waals surface area contributed by atoms with Gasteiger partial charge in [-0.05, 0) is 59.7 Å². The summed E-state index contributed by atoms with van der Waals surface area (Å²) in [6.07, 6.45) is 3.53. The molecular weight excluding hydrogens is 356 g/mol. The van der Waals surface area contributed by atoms with Crippen molar-refractivity contribution in [2.24, 2.45) is 0 Å². The van der Waals surface area contributed by atoms with Crippen LogP contribution in [-0.2, 0) is 11.3 Å². The third-order valence-electron chi connectivity index (χ3n) is 5.57. The van der Waals surface area contributed by atoms with E-state index in [1.54, 1.807) is 11.8 Å². The Hall–Kier alpha value is -2.58. The second kappa shape index (κ2) is 8.20. The standard InChI is InChI=1S/C20H26N6O2/c1-14-6-7-15-13-16(20(27)21-17(15)12-14)18(25-8-4-3-5-9-25)19-22-23-24-26(19)10-11-28-2/h6-7,12-13,18H,3-5,8-11H2,1-2H3,(H,21,27)/p+1/t18-/m1/s1. The Morgan fingerprint density at radius 1 is 1.25 bits per heavy atom. The number of likely N-dealkylation sites (tertiary alicyclic amines) is 1. The molecule has 0 bridgehead atoms. The number of piperidine rings is 1. The minimum Gasteiger partial charge on any atom is -0.383 e. The molecular formula is C20H27N6O2+. The summed E-state index contributed by atoms with van der Waals surface area (Å²) >= 11 is 0. The second-order valence-electron chi connectivity index (χ2n) is 7.55. The van der Waals surface area contributed by atoms with Crippen LogP contribution < -0.4 is 10.5 Å². The summed E-state index contributed by atoms with van der Waals surface area (Å²) in [5.41, 5.74) is 2.64. The van der Waals surface area contributed by atoms with E-state index in [4.69, 9.17) is 4.74 Å². The van der Waals surface area contributed by atoms with Crippen LogP contribution in [0.2, 0.25) is 0 Å². The molecule has 148 valence electrons. The molecule has 28 heavy (non-hydrogen) atoms. The Morgan fingerprint density at radius 2 is 2.07 bits per heavy atom. The van der Waals surface area contributed by atoms with E-state index in [9.17, 15) is 4.79 Å². The van der Waals surface area contributed by atoms with E-state index >= 15 is 0 Å². The van der Waals surface area contributed by atoms with E-state index in [1.165, 1.54) is 11.3 Å². The predicted molar refractivity (Wildman–Crippen MR) is 105 cm³/mol. The number of hydrogen-bond acceptors (Lipinski definition) is 5. The summed E-state index contributed by atoms with van der Waals surface area (Å²) < 4.78 is 6.97. The van der Waals surface area contributed by atoms with Gasteiger partial charge in [0.05, 0.1) is 31.8 Å². The van der Waals surface area contributed by atoms with Gasteiger partial charge >= 0.3 is 0 Å². The fraction of sp³-hybridized carbons (Fsp3) is 0.500. The predicted octanol–water partition coefficient (Wildman–Crippen LogP) is 0.628. The molecule has 1 aliphatic rings. The lowest BCUT2D eigenvalue weighted by atomic mass is 10.00. The largest absolute Gasteiger partial charge is 0.383 e. The maximum absolute atomic E-state index is 13.1. The van der Waals surface area contributed by atoms with Gasteiger partial charge in [-0.1, -0.05) is 12.1 Å². The number of quaternary nitrogens is 1. The smallest absolute Gasteiger partial charge is 0.258 e. The number of nitrogens with zero attached hydrogens (tertiary/aromatic N) is 4. The summed E-state index contributed by atoms with van der Waals surface area (Å²) in [5.74, 6) is 0.728. The van der Waals surface area contributed by atoms with Gasteiger partial charge in [-0.2, -0.15) is 0 Å². The zero-order chi connectivity index (χ0) is 19.5. The van der Waals surface area contributed by atoms with E-state index in [0.29, 0.717) is 13.2 Å². The van der Waals surface area contributed by atoms with Gasteiger partial charge in [0.1, 0.15) is 0 Å². The molecule has 0 amide bonds. The number of fused-ring (bicyclic) bond motifs is 1. The van der Waals surface area contributed by atoms with Crippen molar-refractivity contribution < 1.29 is 9.64 Å². The highest BCUT2D eigenvalue weighted by Gasteiger charge is 2.34. The van der Waals surface area contributed by atoms with E-state index in [0.717, 1.165) is 53.8 Å². The van der Waals surface area contributed by atoms with Crippen LogP contribution in [-0.4, -0.2) is 52.0 Å². The van der Waals surface area contributed by atoms with E-state index < -0.39 is 0 Å². The molecule has 1 atom stereocenters. The summed E-state index contributed by atoms with van der Waals surface area (Å²) in [6.45, 7) is 5.12. The highest BCUT2D eigenvalue weighted by atomic mass is 16.5. The van der Waals surface area contributed by atoms with Gasteiger partial charge in [0.25, 0.3) is 5.56 Å². The SMILES string of the molecule is COCCn1nnnc1[C@@H](c1cc2ccc(C)cc2[nH]c1=O)[NH+]1CCCCC1. The van der Waals surface area contributed by atoms with Crippen molar-refractivity contribution in [1.82, 2.24) is 25.2 Å². The average Bonchev–Trinajstić information content (AvgIpc) is 3.16. The first kappa shape index (κ1) is 18.8. The van der Waals surface area contributed by atoms with E-state index in [2.05, 4.69) is 32.6 Å². The highest BCUT2D eigenvalue weighted by Crippen LogP contribution is 2.20. The van der Waals surface area contributed by atoms with Crippen LogP contribution in [0.3, 0.4) is 0 Å². The van der Waals surface area contributed by atoms with Gasteiger partial charge in [-0.25, -0.2) is 4.68 Å². The van der Waals surface area contributed by atoms with E-state index in [1.807, 2.05) is 19.1 Å². The number of tetrazole rings is 1. The molecule has 1 aromatic carbocycles. The molecule has 2 aromatic heterocycles. The number of benzene rings is 1. The molecule has 0 radical (unpaired) electrons. The first-order valence-corrected chi connectivity index (χ1v) is 9.90. The topological polar surface area (TPSA) is 90.1 Å². The molecule has 2 N–H and O–H groups in total. The van der Waals surface area contributed by atoms with Gasteiger partial charge in [0, 0.05) is 12.6 Å². The molecule has 0 spiro atoms. The zero-order valence-electron chi connectivity index (χ0n) is 16.4. The monoisotopic (exact) mass is 383 g/mol. The summed E-state index contributed by atoms with van der Waals surface area (Å²) in [6, 6.07) is 7.94. The minimum atomic E-state index is -0.193. The van der Waals surface area contributed by atoms with Gasteiger partial charge in [-0.3, -0.25) is 4.79 Å². The Kier molecular flexibility index (Phi) is 5.50. The number of H-pyrrole nitrogens is 1. The number of methoxy groups -OCH3 is 1. The highest BCUT2D eigenvalue weighted by molar-refractivity contribution is 5.79. The number of hydrogen-bond donors (Lipinski definition) is 2. The van der Waals surface area contributed by atoms with Gasteiger partial charge < -0.3 is 14.6 Å². The molecule has 1 aliphatic heterocycles. The maximum atomic E-state index is 13.1. The maximum Gasteiger partial charge on any atom is 0.258 e. The van der Waals surface area contributed by atoms with Crippen molar-refractivity contribution >= 4 is 10.9 Å². The molecule has 0 unspecified atom stereocenters. The third kappa shape index (κ3) is 3.70. The normalized spacial score (nSPS) is 16.5. The quantitative estimate of drug-likeness (QED) is 0.652. The summed E-state index contributed by atoms with van der Waals surface area (Å²) in [4.78, 5) is 17.5. The number of pyridine rings is 1. The van der Waals surface area contributed by atoms with Gasteiger partial charge in [-0.15, -0.1) is 5.10 Å². The number of ether oxygens (including phenoxy) is 1. The van der Waals surface area contributed by atoms with Crippen LogP contribution in [0.25, 0.3) is 10.9 Å². The average molecular weight is 383 g/mol. The van der Waals surface area contributed by atoms with E-state index in [-0.39, 0.29) is 11.6 Å². The first-order chi connectivity index (χ1) is 13.7. The molecule has 8 heteroatoms. The minimum absolute atomic E-state index is 0.0672. The number of nitrogens with one attached hydrogen (secondary N) is 2. The fourth-order valence-electron chi connectivity index (χ4n) is 4.14. The number of rotatable bonds is 6. The second-order valence-corrected chi connectivity index (χ2v) is 7.55. The molecule has 1 fully saturated rings. The number of aromatic nitrogens is 5. The Labute approximate surface area is 163 Å². The van der Waals surface area contributed by atoms with Crippen molar-refractivity contribution in [1.29, 1.82) is 0 Å². The van der Waals surface area contributed by atoms with Crippen LogP contribution in [0.4, 0.5) is 0 Å². The van der Waals surface area contributed by atoms with Crippen LogP contribution in [0.5, 0.6) is 0 Å². The number of aromatic amines is 1. The van der Waals surface area contributed by atoms with Crippen LogP contribution in [0.15, 0.2) is 29.1 Å². The first-order valence-electron chi connectivity index (χ1n) is 9.90. The van der Waals surface area contributed by atoms with Crippen LogP contribution >= 0.6 is 0 Å². The fourth-order valence-corrected chi connectivity index (χ4v) is 4.14. The molecule has 3 aromatic rings. The Bertz CT molecular complexity index is 1010. The molecule has 8 nitrogen and oxygen atoms in total. The van der Waals surface area contributed by atoms with Crippen molar-refractivity contribution in [3.8, 4) is 0 Å². The number of aryl methyl sites for hydroxylation is 1. The van der Waals surface area contributed by atoms with Crippen molar-refractivity contribution in [2.45, 2.75) is 38.8 Å². The zero-order valence-corrected chi connectivity index (χ0v) is 16.4. The lowest BCUT2D eigenvalue weighted by molar-refractivity contribution is -0.931. The molecule has 0 aliphatic carbocycles. The van der Waals surface area contributed by atoms with Crippen LogP contribution in [0.1, 0.15) is 42.3 Å². The van der Waals surface area contributed by atoms with Crippen molar-refractivity contribution in [2.75, 3.05) is 26.8 Å². The molecule has 3 heterocycles. The third-order valence-corrected chi connectivity index (χ3v) is 5.57. The lowest BCUT2D eigenvalue weighted by Crippen LogP contribution is -3.13. The molecule has 1 saturated heterocycles. The van der Waals surface area contributed by atoms with Crippen molar-refractivity contribution in [3.63, 3.8) is 0 Å². The lowest BCUT2D eigenvalue weighted by Gasteiger charge is -2.30. The molecule has 0 saturated carbocycles. The summed E-state index contributed by atoms with van der Waals surface area (Å²) in [7, 11) is 1.66. The Morgan fingerprint density at radius 3 is 2.86 bits per heavy atom. The molecule has 4 rings (SSSR count). The van der Waals surface area contributed by atoms with Gasteiger partial charge in [0.2, 0.25) is 5.82 Å².